The molecule has 96 valence electrons. The van der Waals surface area contributed by atoms with E-state index in [0.717, 1.165) is 15.4 Å². The molecule has 0 atom stereocenters. The summed E-state index contributed by atoms with van der Waals surface area (Å²) in [4.78, 5) is 4.53. The topological polar surface area (TPSA) is 24.9 Å². The highest BCUT2D eigenvalue weighted by molar-refractivity contribution is 9.10. The van der Waals surface area contributed by atoms with Gasteiger partial charge in [-0.15, -0.1) is 11.3 Å². The van der Waals surface area contributed by atoms with E-state index < -0.39 is 11.9 Å². The first kappa shape index (κ1) is 13.4. The van der Waals surface area contributed by atoms with Gasteiger partial charge >= 0.3 is 6.18 Å². The van der Waals surface area contributed by atoms with Crippen molar-refractivity contribution < 1.29 is 13.2 Å². The van der Waals surface area contributed by atoms with E-state index >= 15 is 0 Å². The Hall–Kier alpha value is -1.08. The predicted molar refractivity (Wildman–Crippen MR) is 68.6 cm³/mol. The molecule has 0 fully saturated rings. The molecular weight excluding hydrogens is 329 g/mol. The molecule has 0 bridgehead atoms. The number of hydrogen-bond donors (Lipinski definition) is 1. The fourth-order valence-corrected chi connectivity index (χ4v) is 2.75. The van der Waals surface area contributed by atoms with Crippen molar-refractivity contribution in [2.45, 2.75) is 12.7 Å². The van der Waals surface area contributed by atoms with Gasteiger partial charge in [0.25, 0.3) is 0 Å². The van der Waals surface area contributed by atoms with E-state index in [1.165, 1.54) is 23.5 Å². The van der Waals surface area contributed by atoms with Crippen LogP contribution in [-0.2, 0) is 12.7 Å². The minimum atomic E-state index is -4.42. The van der Waals surface area contributed by atoms with Gasteiger partial charge in [0, 0.05) is 9.35 Å². The molecule has 2 aromatic rings. The van der Waals surface area contributed by atoms with Gasteiger partial charge in [0.05, 0.1) is 6.54 Å². The van der Waals surface area contributed by atoms with Crippen LogP contribution in [0.2, 0.25) is 0 Å². The maximum atomic E-state index is 12.4. The van der Waals surface area contributed by atoms with Gasteiger partial charge in [0.1, 0.15) is 11.5 Å². The second-order valence-corrected chi connectivity index (χ2v) is 5.31. The molecule has 2 heterocycles. The van der Waals surface area contributed by atoms with Crippen LogP contribution in [0.25, 0.3) is 0 Å². The summed E-state index contributed by atoms with van der Waals surface area (Å²) in [5, 5.41) is 4.77. The molecule has 0 unspecified atom stereocenters. The van der Waals surface area contributed by atoms with Gasteiger partial charge in [0.15, 0.2) is 0 Å². The smallest absolute Gasteiger partial charge is 0.365 e. The van der Waals surface area contributed by atoms with Gasteiger partial charge in [-0.25, -0.2) is 4.98 Å². The molecule has 0 aromatic carbocycles. The highest BCUT2D eigenvalue weighted by Crippen LogP contribution is 2.28. The minimum Gasteiger partial charge on any atom is -0.365 e. The number of anilines is 1. The molecule has 0 spiro atoms. The lowest BCUT2D eigenvalue weighted by Gasteiger charge is -2.09. The van der Waals surface area contributed by atoms with Crippen LogP contribution in [0.1, 0.15) is 10.6 Å². The first-order valence-electron chi connectivity index (χ1n) is 4.97. The van der Waals surface area contributed by atoms with Gasteiger partial charge in [-0.2, -0.15) is 13.2 Å². The predicted octanol–water partition coefficient (Wildman–Crippen LogP) is 4.54. The van der Waals surface area contributed by atoms with Crippen molar-refractivity contribution in [1.82, 2.24) is 4.98 Å². The third kappa shape index (κ3) is 3.23. The zero-order chi connectivity index (χ0) is 13.2. The van der Waals surface area contributed by atoms with Gasteiger partial charge in [-0.05, 0) is 39.5 Å². The first-order chi connectivity index (χ1) is 8.47. The summed E-state index contributed by atoms with van der Waals surface area (Å²) in [5.74, 6) is 0.213. The average molecular weight is 337 g/mol. The zero-order valence-electron chi connectivity index (χ0n) is 8.96. The van der Waals surface area contributed by atoms with Crippen molar-refractivity contribution in [3.8, 4) is 0 Å². The van der Waals surface area contributed by atoms with Crippen LogP contribution in [0.5, 0.6) is 0 Å². The van der Waals surface area contributed by atoms with Gasteiger partial charge < -0.3 is 5.32 Å². The maximum Gasteiger partial charge on any atom is 0.433 e. The zero-order valence-corrected chi connectivity index (χ0v) is 11.4. The Morgan fingerprint density at radius 3 is 2.67 bits per heavy atom. The second-order valence-electron chi connectivity index (χ2n) is 3.45. The Morgan fingerprint density at radius 1 is 1.28 bits per heavy atom. The number of nitrogens with zero attached hydrogens (tertiary/aromatic N) is 1. The van der Waals surface area contributed by atoms with Crippen molar-refractivity contribution in [2.75, 3.05) is 5.32 Å². The van der Waals surface area contributed by atoms with E-state index in [0.29, 0.717) is 6.54 Å². The molecule has 2 nitrogen and oxygen atoms in total. The Labute approximate surface area is 114 Å². The van der Waals surface area contributed by atoms with E-state index in [1.54, 1.807) is 0 Å². The third-order valence-electron chi connectivity index (χ3n) is 2.16. The van der Waals surface area contributed by atoms with Crippen molar-refractivity contribution in [3.05, 3.63) is 44.7 Å². The number of hydrogen-bond acceptors (Lipinski definition) is 3. The third-order valence-corrected chi connectivity index (χ3v) is 4.09. The molecule has 0 amide bonds. The van der Waals surface area contributed by atoms with E-state index in [1.807, 2.05) is 11.4 Å². The van der Waals surface area contributed by atoms with E-state index in [-0.39, 0.29) is 5.82 Å². The molecule has 7 heteroatoms. The Morgan fingerprint density at radius 2 is 2.06 bits per heavy atom. The standard InChI is InChI=1S/C11H8BrF3N2S/c12-7-4-5-18-8(7)6-16-10-3-1-2-9(17-10)11(13,14)15/h1-5H,6H2,(H,16,17). The van der Waals surface area contributed by atoms with Crippen LogP contribution in [0, 0.1) is 0 Å². The number of thiophene rings is 1. The normalized spacial score (nSPS) is 11.6. The van der Waals surface area contributed by atoms with Crippen molar-refractivity contribution in [3.63, 3.8) is 0 Å². The lowest BCUT2D eigenvalue weighted by atomic mass is 10.3. The van der Waals surface area contributed by atoms with E-state index in [9.17, 15) is 13.2 Å². The Bertz CT molecular complexity index is 539. The van der Waals surface area contributed by atoms with E-state index in [4.69, 9.17) is 0 Å². The molecule has 1 N–H and O–H groups in total. The lowest BCUT2D eigenvalue weighted by molar-refractivity contribution is -0.141. The number of aromatic nitrogens is 1. The van der Waals surface area contributed by atoms with Crippen molar-refractivity contribution in [2.24, 2.45) is 0 Å². The number of rotatable bonds is 3. The first-order valence-corrected chi connectivity index (χ1v) is 6.64. The number of nitrogens with one attached hydrogen (secondary N) is 1. The SMILES string of the molecule is FC(F)(F)c1cccc(NCc2sccc2Br)n1. The van der Waals surface area contributed by atoms with Crippen LogP contribution in [0.4, 0.5) is 19.0 Å². The number of halogens is 4. The molecule has 0 aliphatic carbocycles. The maximum absolute atomic E-state index is 12.4. The molecule has 0 aliphatic heterocycles. The van der Waals surface area contributed by atoms with Gasteiger partial charge in [0.2, 0.25) is 0 Å². The average Bonchev–Trinajstić information content (AvgIpc) is 2.72. The molecule has 2 aromatic heterocycles. The molecular formula is C11H8BrF3N2S. The Kier molecular flexibility index (Phi) is 3.91. The van der Waals surface area contributed by atoms with Crippen LogP contribution in [-0.4, -0.2) is 4.98 Å². The Balaban J connectivity index is 2.09. The summed E-state index contributed by atoms with van der Waals surface area (Å²) in [6.45, 7) is 0.437. The summed E-state index contributed by atoms with van der Waals surface area (Å²) < 4.78 is 38.3. The summed E-state index contributed by atoms with van der Waals surface area (Å²) in [5.41, 5.74) is -0.891. The summed E-state index contributed by atoms with van der Waals surface area (Å²) in [7, 11) is 0. The quantitative estimate of drug-likeness (QED) is 0.890. The lowest BCUT2D eigenvalue weighted by Crippen LogP contribution is -2.09. The van der Waals surface area contributed by atoms with Crippen LogP contribution in [0.15, 0.2) is 34.1 Å². The van der Waals surface area contributed by atoms with Crippen LogP contribution in [0.3, 0.4) is 0 Å². The van der Waals surface area contributed by atoms with Crippen LogP contribution >= 0.6 is 27.3 Å². The summed E-state index contributed by atoms with van der Waals surface area (Å²) in [6.07, 6.45) is -4.42. The summed E-state index contributed by atoms with van der Waals surface area (Å²) in [6, 6.07) is 5.69. The second kappa shape index (κ2) is 5.27. The minimum absolute atomic E-state index is 0.213. The molecule has 2 rings (SSSR count). The van der Waals surface area contributed by atoms with Crippen LogP contribution < -0.4 is 5.32 Å². The van der Waals surface area contributed by atoms with Crippen molar-refractivity contribution in [1.29, 1.82) is 0 Å². The largest absolute Gasteiger partial charge is 0.433 e. The molecule has 0 saturated carbocycles. The fourth-order valence-electron chi connectivity index (χ4n) is 1.31. The van der Waals surface area contributed by atoms with E-state index in [2.05, 4.69) is 26.2 Å². The molecule has 0 aliphatic rings. The molecule has 18 heavy (non-hydrogen) atoms. The number of pyridine rings is 1. The molecule has 0 saturated heterocycles. The summed E-state index contributed by atoms with van der Waals surface area (Å²) >= 11 is 4.88. The molecule has 0 radical (unpaired) electrons. The highest BCUT2D eigenvalue weighted by atomic mass is 79.9. The monoisotopic (exact) mass is 336 g/mol. The van der Waals surface area contributed by atoms with Gasteiger partial charge in [-0.3, -0.25) is 0 Å². The number of alkyl halides is 3. The van der Waals surface area contributed by atoms with Gasteiger partial charge in [-0.1, -0.05) is 6.07 Å². The highest BCUT2D eigenvalue weighted by Gasteiger charge is 2.32. The fraction of sp³-hybridized carbons (Fsp3) is 0.182. The van der Waals surface area contributed by atoms with Crippen molar-refractivity contribution >= 4 is 33.1 Å².